The monoisotopic (exact) mass is 341 g/mol. The first kappa shape index (κ1) is 14.9. The minimum absolute atomic E-state index is 0.0632. The van der Waals surface area contributed by atoms with Gasteiger partial charge in [0, 0.05) is 22.2 Å². The third-order valence-corrected chi connectivity index (χ3v) is 5.37. The number of amides is 1. The molecule has 0 bridgehead atoms. The molecule has 1 N–H and O–H groups in total. The van der Waals surface area contributed by atoms with E-state index in [2.05, 4.69) is 28.2 Å². The van der Waals surface area contributed by atoms with Crippen LogP contribution in [0.1, 0.15) is 42.1 Å². The van der Waals surface area contributed by atoms with Gasteiger partial charge in [-0.25, -0.2) is 0 Å². The maximum atomic E-state index is 12.1. The first-order valence-electron chi connectivity index (χ1n) is 6.80. The van der Waals surface area contributed by atoms with Gasteiger partial charge in [0.1, 0.15) is 0 Å². The molecule has 0 saturated heterocycles. The molecule has 0 radical (unpaired) electrons. The van der Waals surface area contributed by atoms with Crippen molar-refractivity contribution in [1.82, 2.24) is 5.32 Å². The van der Waals surface area contributed by atoms with Crippen LogP contribution in [0.2, 0.25) is 0 Å². The van der Waals surface area contributed by atoms with Crippen molar-refractivity contribution in [1.29, 1.82) is 0 Å². The van der Waals surface area contributed by atoms with Crippen LogP contribution in [0.25, 0.3) is 0 Å². The maximum absolute atomic E-state index is 12.1. The van der Waals surface area contributed by atoms with Crippen molar-refractivity contribution in [3.05, 3.63) is 35.4 Å². The van der Waals surface area contributed by atoms with Crippen molar-refractivity contribution < 1.29 is 4.79 Å². The molecule has 1 saturated carbocycles. The third-order valence-electron chi connectivity index (χ3n) is 3.49. The van der Waals surface area contributed by atoms with E-state index in [0.29, 0.717) is 6.04 Å². The normalized spacial score (nSPS) is 22.4. The Morgan fingerprint density at radius 1 is 1.37 bits per heavy atom. The van der Waals surface area contributed by atoms with Gasteiger partial charge in [0.05, 0.1) is 0 Å². The summed E-state index contributed by atoms with van der Waals surface area (Å²) in [5.41, 5.74) is 1.95. The van der Waals surface area contributed by atoms with Crippen molar-refractivity contribution in [2.24, 2.45) is 0 Å². The van der Waals surface area contributed by atoms with Crippen LogP contribution in [0, 0.1) is 0 Å². The average Bonchev–Trinajstić information content (AvgIpc) is 2.86. The fourth-order valence-electron chi connectivity index (χ4n) is 2.47. The topological polar surface area (TPSA) is 29.1 Å². The Bertz CT molecular complexity index is 421. The number of nitrogens with one attached hydrogen (secondary N) is 1. The fourth-order valence-corrected chi connectivity index (χ4v) is 3.99. The second-order valence-electron chi connectivity index (χ2n) is 4.89. The second-order valence-corrected chi connectivity index (χ2v) is 7.03. The zero-order valence-corrected chi connectivity index (χ0v) is 13.6. The van der Waals surface area contributed by atoms with Crippen LogP contribution < -0.4 is 5.32 Å². The van der Waals surface area contributed by atoms with E-state index in [0.717, 1.165) is 29.0 Å². The summed E-state index contributed by atoms with van der Waals surface area (Å²) in [4.78, 5) is 12.1. The molecule has 2 rings (SSSR count). The van der Waals surface area contributed by atoms with E-state index in [1.165, 1.54) is 17.7 Å². The van der Waals surface area contributed by atoms with Gasteiger partial charge < -0.3 is 5.32 Å². The first-order valence-corrected chi connectivity index (χ1v) is 8.97. The van der Waals surface area contributed by atoms with Crippen molar-refractivity contribution >= 4 is 33.6 Å². The van der Waals surface area contributed by atoms with Gasteiger partial charge in [-0.3, -0.25) is 4.79 Å². The molecule has 0 aliphatic heterocycles. The van der Waals surface area contributed by atoms with Crippen LogP contribution in [0.4, 0.5) is 0 Å². The highest BCUT2D eigenvalue weighted by Gasteiger charge is 2.25. The molecule has 2 unspecified atom stereocenters. The minimum atomic E-state index is 0.0632. The summed E-state index contributed by atoms with van der Waals surface area (Å²) in [5, 5.41) is 4.71. The quantitative estimate of drug-likeness (QED) is 0.820. The molecule has 1 amide bonds. The van der Waals surface area contributed by atoms with Crippen molar-refractivity contribution in [3.63, 3.8) is 0 Å². The largest absolute Gasteiger partial charge is 0.349 e. The number of carbonyl (C=O) groups is 1. The zero-order valence-electron chi connectivity index (χ0n) is 11.2. The van der Waals surface area contributed by atoms with Gasteiger partial charge >= 0.3 is 0 Å². The van der Waals surface area contributed by atoms with Crippen LogP contribution in [0.15, 0.2) is 24.3 Å². The Hall–Kier alpha value is -0.480. The molecule has 1 fully saturated rings. The molecular weight excluding hydrogens is 322 g/mol. The fraction of sp³-hybridized carbons (Fsp3) is 0.533. The van der Waals surface area contributed by atoms with Crippen LogP contribution >= 0.6 is 27.7 Å². The molecule has 0 heterocycles. The Morgan fingerprint density at radius 2 is 2.11 bits per heavy atom. The molecule has 0 spiro atoms. The van der Waals surface area contributed by atoms with Gasteiger partial charge in [-0.1, -0.05) is 35.0 Å². The molecule has 1 aliphatic carbocycles. The molecular formula is C15H20BrNOS. The molecule has 19 heavy (non-hydrogen) atoms. The summed E-state index contributed by atoms with van der Waals surface area (Å²) in [6.45, 7) is 2.20. The number of carbonyl (C=O) groups excluding carboxylic acids is 1. The van der Waals surface area contributed by atoms with E-state index in [1.807, 2.05) is 36.0 Å². The van der Waals surface area contributed by atoms with Gasteiger partial charge in [-0.2, -0.15) is 11.8 Å². The predicted molar refractivity (Wildman–Crippen MR) is 86.1 cm³/mol. The smallest absolute Gasteiger partial charge is 0.251 e. The van der Waals surface area contributed by atoms with Gasteiger partial charge in [-0.15, -0.1) is 0 Å². The number of halogens is 1. The second kappa shape index (κ2) is 7.34. The lowest BCUT2D eigenvalue weighted by Gasteiger charge is -2.13. The van der Waals surface area contributed by atoms with Crippen molar-refractivity contribution in [2.45, 2.75) is 42.8 Å². The summed E-state index contributed by atoms with van der Waals surface area (Å²) in [6, 6.07) is 8.15. The third kappa shape index (κ3) is 4.25. The SMILES string of the molecule is CCSC1CCC(NC(=O)c2ccc(CBr)cc2)C1. The van der Waals surface area contributed by atoms with E-state index in [-0.39, 0.29) is 5.91 Å². The van der Waals surface area contributed by atoms with Crippen LogP contribution in [-0.4, -0.2) is 23.0 Å². The van der Waals surface area contributed by atoms with Gasteiger partial charge in [-0.05, 0) is 42.7 Å². The molecule has 1 aliphatic rings. The summed E-state index contributed by atoms with van der Waals surface area (Å²) in [6.07, 6.45) is 3.46. The number of hydrogen-bond acceptors (Lipinski definition) is 2. The number of thioether (sulfide) groups is 1. The summed E-state index contributed by atoms with van der Waals surface area (Å²) < 4.78 is 0. The molecule has 2 nitrogen and oxygen atoms in total. The van der Waals surface area contributed by atoms with E-state index >= 15 is 0 Å². The number of alkyl halides is 1. The Kier molecular flexibility index (Phi) is 5.76. The van der Waals surface area contributed by atoms with Crippen LogP contribution in [0.5, 0.6) is 0 Å². The van der Waals surface area contributed by atoms with E-state index in [9.17, 15) is 4.79 Å². The van der Waals surface area contributed by atoms with Crippen LogP contribution in [-0.2, 0) is 5.33 Å². The summed E-state index contributed by atoms with van der Waals surface area (Å²) in [7, 11) is 0. The molecule has 1 aromatic rings. The first-order chi connectivity index (χ1) is 9.22. The van der Waals surface area contributed by atoms with Gasteiger partial charge in [0.2, 0.25) is 0 Å². The van der Waals surface area contributed by atoms with E-state index < -0.39 is 0 Å². The zero-order chi connectivity index (χ0) is 13.7. The maximum Gasteiger partial charge on any atom is 0.251 e. The summed E-state index contributed by atoms with van der Waals surface area (Å²) >= 11 is 5.42. The van der Waals surface area contributed by atoms with E-state index in [1.54, 1.807) is 0 Å². The molecule has 1 aromatic carbocycles. The number of rotatable bonds is 5. The summed E-state index contributed by atoms with van der Waals surface area (Å²) in [5.74, 6) is 1.23. The van der Waals surface area contributed by atoms with Gasteiger partial charge in [0.15, 0.2) is 0 Å². The molecule has 0 aromatic heterocycles. The highest BCUT2D eigenvalue weighted by atomic mass is 79.9. The lowest BCUT2D eigenvalue weighted by atomic mass is 10.1. The minimum Gasteiger partial charge on any atom is -0.349 e. The van der Waals surface area contributed by atoms with Crippen LogP contribution in [0.3, 0.4) is 0 Å². The molecule has 4 heteroatoms. The number of benzene rings is 1. The highest BCUT2D eigenvalue weighted by molar-refractivity contribution is 9.08. The predicted octanol–water partition coefficient (Wildman–Crippen LogP) is 3.99. The van der Waals surface area contributed by atoms with E-state index in [4.69, 9.17) is 0 Å². The Labute approximate surface area is 127 Å². The number of hydrogen-bond donors (Lipinski definition) is 1. The standard InChI is InChI=1S/C15H20BrNOS/c1-2-19-14-8-7-13(9-14)17-15(18)12-5-3-11(10-16)4-6-12/h3-6,13-14H,2,7-10H2,1H3,(H,17,18). The average molecular weight is 342 g/mol. The molecule has 2 atom stereocenters. The van der Waals surface area contributed by atoms with Gasteiger partial charge in [0.25, 0.3) is 5.91 Å². The Morgan fingerprint density at radius 3 is 2.74 bits per heavy atom. The lowest BCUT2D eigenvalue weighted by Crippen LogP contribution is -2.33. The Balaban J connectivity index is 1.87. The van der Waals surface area contributed by atoms with Crippen molar-refractivity contribution in [2.75, 3.05) is 5.75 Å². The van der Waals surface area contributed by atoms with Crippen molar-refractivity contribution in [3.8, 4) is 0 Å². The highest BCUT2D eigenvalue weighted by Crippen LogP contribution is 2.29. The lowest BCUT2D eigenvalue weighted by molar-refractivity contribution is 0.0938. The molecule has 104 valence electrons.